The van der Waals surface area contributed by atoms with Crippen LogP contribution in [0.5, 0.6) is 0 Å². The minimum absolute atomic E-state index is 0.293. The number of quaternary nitrogens is 1. The third-order valence-electron chi connectivity index (χ3n) is 3.24. The van der Waals surface area contributed by atoms with E-state index >= 15 is 0 Å². The summed E-state index contributed by atoms with van der Waals surface area (Å²) in [5.41, 5.74) is 1.72. The van der Waals surface area contributed by atoms with E-state index in [1.54, 1.807) is 6.07 Å². The molecule has 1 aromatic rings. The molecule has 1 heterocycles. The second-order valence-corrected chi connectivity index (χ2v) is 5.42. The van der Waals surface area contributed by atoms with E-state index in [0.29, 0.717) is 22.8 Å². The number of hydrogen-bond acceptors (Lipinski definition) is 2. The van der Waals surface area contributed by atoms with Gasteiger partial charge in [-0.3, -0.25) is 0 Å². The fraction of sp³-hybridized carbons (Fsp3) is 0.500. The van der Waals surface area contributed by atoms with Crippen LogP contribution in [0.2, 0.25) is 5.02 Å². The van der Waals surface area contributed by atoms with E-state index in [1.165, 1.54) is 4.90 Å². The molecule has 0 amide bonds. The van der Waals surface area contributed by atoms with Gasteiger partial charge in [0.15, 0.2) is 0 Å². The van der Waals surface area contributed by atoms with Gasteiger partial charge in [-0.25, -0.2) is 0 Å². The summed E-state index contributed by atoms with van der Waals surface area (Å²) < 4.78 is 5.72. The zero-order valence-electron chi connectivity index (χ0n) is 10.7. The number of nitrogens with one attached hydrogen (secondary N) is 1. The molecule has 1 fully saturated rings. The summed E-state index contributed by atoms with van der Waals surface area (Å²) in [6.07, 6.45) is 0.585. The van der Waals surface area contributed by atoms with Gasteiger partial charge in [0, 0.05) is 5.56 Å². The summed E-state index contributed by atoms with van der Waals surface area (Å²) in [5, 5.41) is 9.50. The Morgan fingerprint density at radius 3 is 2.61 bits per heavy atom. The lowest BCUT2D eigenvalue weighted by atomic mass is 10.1. The van der Waals surface area contributed by atoms with Crippen molar-refractivity contribution in [2.24, 2.45) is 0 Å². The number of halogens is 1. The molecule has 0 unspecified atom stereocenters. The van der Waals surface area contributed by atoms with Crippen molar-refractivity contribution in [1.82, 2.24) is 0 Å². The molecule has 3 nitrogen and oxygen atoms in total. The van der Waals surface area contributed by atoms with Gasteiger partial charge in [0.05, 0.1) is 16.7 Å². The molecule has 18 heavy (non-hydrogen) atoms. The molecule has 0 saturated carbocycles. The summed E-state index contributed by atoms with van der Waals surface area (Å²) in [6.45, 7) is 7.11. The van der Waals surface area contributed by atoms with Gasteiger partial charge >= 0.3 is 0 Å². The smallest absolute Gasteiger partial charge is 0.104 e. The van der Waals surface area contributed by atoms with E-state index < -0.39 is 0 Å². The van der Waals surface area contributed by atoms with Crippen molar-refractivity contribution >= 4 is 11.6 Å². The van der Waals surface area contributed by atoms with E-state index in [4.69, 9.17) is 21.6 Å². The Morgan fingerprint density at radius 2 is 2.06 bits per heavy atom. The quantitative estimate of drug-likeness (QED) is 0.878. The molecule has 1 N–H and O–H groups in total. The lowest BCUT2D eigenvalue weighted by Gasteiger charge is -2.32. The molecule has 1 aromatic carbocycles. The first-order chi connectivity index (χ1) is 8.58. The average Bonchev–Trinajstić information content (AvgIpc) is 2.30. The lowest BCUT2D eigenvalue weighted by Crippen LogP contribution is -3.14. The van der Waals surface area contributed by atoms with Crippen molar-refractivity contribution in [2.75, 3.05) is 13.1 Å². The molecule has 0 aromatic heterocycles. The van der Waals surface area contributed by atoms with Crippen LogP contribution >= 0.6 is 11.6 Å². The highest BCUT2D eigenvalue weighted by Gasteiger charge is 2.25. The number of rotatable bonds is 2. The van der Waals surface area contributed by atoms with Crippen LogP contribution in [0.1, 0.15) is 25.0 Å². The van der Waals surface area contributed by atoms with E-state index in [0.717, 1.165) is 25.2 Å². The third kappa shape index (κ3) is 3.23. The Hall–Kier alpha value is -1.08. The van der Waals surface area contributed by atoms with Crippen LogP contribution in [0.4, 0.5) is 0 Å². The van der Waals surface area contributed by atoms with E-state index in [2.05, 4.69) is 19.9 Å². The van der Waals surface area contributed by atoms with Crippen molar-refractivity contribution in [1.29, 1.82) is 5.26 Å². The fourth-order valence-electron chi connectivity index (χ4n) is 2.56. The molecule has 0 spiro atoms. The van der Waals surface area contributed by atoms with Crippen LogP contribution in [0, 0.1) is 11.3 Å². The zero-order chi connectivity index (χ0) is 13.1. The zero-order valence-corrected chi connectivity index (χ0v) is 11.5. The Labute approximate surface area is 113 Å². The summed E-state index contributed by atoms with van der Waals surface area (Å²) in [7, 11) is 0. The minimum atomic E-state index is 0.293. The maximum Gasteiger partial charge on any atom is 0.104 e. The number of hydrogen-bond donors (Lipinski definition) is 1. The second-order valence-electron chi connectivity index (χ2n) is 5.01. The van der Waals surface area contributed by atoms with Crippen molar-refractivity contribution in [2.45, 2.75) is 32.6 Å². The van der Waals surface area contributed by atoms with Crippen molar-refractivity contribution in [3.05, 3.63) is 34.3 Å². The number of morpholine rings is 1. The molecule has 96 valence electrons. The normalized spacial score (nSPS) is 27.8. The molecule has 0 aliphatic carbocycles. The molecule has 0 radical (unpaired) electrons. The monoisotopic (exact) mass is 265 g/mol. The predicted molar refractivity (Wildman–Crippen MR) is 70.6 cm³/mol. The van der Waals surface area contributed by atoms with Gasteiger partial charge in [-0.2, -0.15) is 5.26 Å². The van der Waals surface area contributed by atoms with Gasteiger partial charge in [0.25, 0.3) is 0 Å². The first-order valence-corrected chi connectivity index (χ1v) is 6.64. The molecule has 1 aliphatic rings. The molecular formula is C14H18ClN2O+. The third-order valence-corrected chi connectivity index (χ3v) is 3.59. The number of nitrogens with zero attached hydrogens (tertiary/aromatic N) is 1. The van der Waals surface area contributed by atoms with Crippen LogP contribution in [-0.4, -0.2) is 25.3 Å². The molecule has 4 heteroatoms. The topological polar surface area (TPSA) is 37.5 Å². The number of benzene rings is 1. The SMILES string of the molecule is C[C@H]1C[NH+](Cc2ccc(C#N)cc2Cl)C[C@H](C)O1. The van der Waals surface area contributed by atoms with Gasteiger partial charge in [-0.1, -0.05) is 17.7 Å². The van der Waals surface area contributed by atoms with E-state index in [9.17, 15) is 0 Å². The predicted octanol–water partition coefficient (Wildman–Crippen LogP) is 1.40. The highest BCUT2D eigenvalue weighted by atomic mass is 35.5. The van der Waals surface area contributed by atoms with Crippen LogP contribution in [0.15, 0.2) is 18.2 Å². The maximum absolute atomic E-state index is 8.81. The van der Waals surface area contributed by atoms with Crippen molar-refractivity contribution < 1.29 is 9.64 Å². The van der Waals surface area contributed by atoms with Crippen molar-refractivity contribution in [3.63, 3.8) is 0 Å². The first-order valence-electron chi connectivity index (χ1n) is 6.26. The highest BCUT2D eigenvalue weighted by Crippen LogP contribution is 2.17. The largest absolute Gasteiger partial charge is 0.364 e. The fourth-order valence-corrected chi connectivity index (χ4v) is 2.81. The standard InChI is InChI=1S/C14H17ClN2O/c1-10-7-17(8-11(2)18-10)9-13-4-3-12(6-16)5-14(13)15/h3-5,10-11H,7-9H2,1-2H3/p+1/t10-,11-/m0/s1. The summed E-state index contributed by atoms with van der Waals surface area (Å²) in [6, 6.07) is 7.63. The van der Waals surface area contributed by atoms with Crippen LogP contribution in [0.25, 0.3) is 0 Å². The van der Waals surface area contributed by atoms with Crippen LogP contribution in [-0.2, 0) is 11.3 Å². The van der Waals surface area contributed by atoms with Crippen LogP contribution in [0.3, 0.4) is 0 Å². The lowest BCUT2D eigenvalue weighted by molar-refractivity contribution is -0.928. The van der Waals surface area contributed by atoms with Crippen LogP contribution < -0.4 is 4.90 Å². The van der Waals surface area contributed by atoms with Gasteiger partial charge in [-0.15, -0.1) is 0 Å². The first kappa shape index (κ1) is 13.4. The highest BCUT2D eigenvalue weighted by molar-refractivity contribution is 6.31. The maximum atomic E-state index is 8.81. The van der Waals surface area contributed by atoms with Gasteiger partial charge < -0.3 is 9.64 Å². The summed E-state index contributed by atoms with van der Waals surface area (Å²) >= 11 is 6.20. The summed E-state index contributed by atoms with van der Waals surface area (Å²) in [5.74, 6) is 0. The molecule has 2 rings (SSSR count). The Balaban J connectivity index is 2.07. The molecule has 1 aliphatic heterocycles. The second kappa shape index (κ2) is 5.71. The van der Waals surface area contributed by atoms with Gasteiger partial charge in [0.2, 0.25) is 0 Å². The Bertz CT molecular complexity index is 459. The molecular weight excluding hydrogens is 248 g/mol. The summed E-state index contributed by atoms with van der Waals surface area (Å²) in [4.78, 5) is 1.48. The van der Waals surface area contributed by atoms with Gasteiger partial charge in [0.1, 0.15) is 31.8 Å². The molecule has 2 atom stereocenters. The minimum Gasteiger partial charge on any atom is -0.364 e. The Kier molecular flexibility index (Phi) is 4.23. The number of nitriles is 1. The molecule has 0 bridgehead atoms. The van der Waals surface area contributed by atoms with Gasteiger partial charge in [-0.05, 0) is 26.0 Å². The average molecular weight is 266 g/mol. The molecule has 1 saturated heterocycles. The van der Waals surface area contributed by atoms with E-state index in [-0.39, 0.29) is 0 Å². The van der Waals surface area contributed by atoms with E-state index in [1.807, 2.05) is 12.1 Å². The van der Waals surface area contributed by atoms with Crippen molar-refractivity contribution in [3.8, 4) is 6.07 Å². The number of ether oxygens (including phenoxy) is 1. The Morgan fingerprint density at radius 1 is 1.39 bits per heavy atom.